The topological polar surface area (TPSA) is 44.2 Å². The minimum Gasteiger partial charge on any atom is -0.473 e. The first-order valence-corrected chi connectivity index (χ1v) is 7.06. The fraction of sp³-hybridized carbons (Fsp3) is 0.111. The first kappa shape index (κ1) is 14.1. The van der Waals surface area contributed by atoms with E-state index < -0.39 is 0 Å². The maximum atomic E-state index is 5.65. The summed E-state index contributed by atoms with van der Waals surface area (Å²) in [5, 5.41) is 0. The van der Waals surface area contributed by atoms with Crippen LogP contribution in [0.2, 0.25) is 0 Å². The highest BCUT2D eigenvalue weighted by atomic mass is 16.5. The van der Waals surface area contributed by atoms with E-state index in [0.29, 0.717) is 25.0 Å². The summed E-state index contributed by atoms with van der Waals surface area (Å²) in [6.45, 7) is 0.936. The van der Waals surface area contributed by atoms with Crippen LogP contribution in [0.25, 0.3) is 0 Å². The van der Waals surface area contributed by atoms with E-state index in [2.05, 4.69) is 9.97 Å². The van der Waals surface area contributed by atoms with E-state index in [-0.39, 0.29) is 0 Å². The lowest BCUT2D eigenvalue weighted by Gasteiger charge is -2.08. The Kier molecular flexibility index (Phi) is 4.62. The van der Waals surface area contributed by atoms with Gasteiger partial charge in [0.15, 0.2) is 0 Å². The van der Waals surface area contributed by atoms with Gasteiger partial charge in [-0.3, -0.25) is 0 Å². The molecule has 0 aliphatic rings. The molecule has 0 radical (unpaired) electrons. The summed E-state index contributed by atoms with van der Waals surface area (Å²) in [6.07, 6.45) is 1.45. The molecule has 3 rings (SSSR count). The molecule has 0 spiro atoms. The molecule has 2 aromatic carbocycles. The largest absolute Gasteiger partial charge is 0.473 e. The number of hydrogen-bond donors (Lipinski definition) is 0. The zero-order valence-electron chi connectivity index (χ0n) is 12.1. The third-order valence-electron chi connectivity index (χ3n) is 3.08. The Morgan fingerprint density at radius 2 is 1.09 bits per heavy atom. The SMILES string of the molecule is c1ccc(COc2cc(OCc3ccccc3)ncn2)cc1. The van der Waals surface area contributed by atoms with Crippen LogP contribution in [0.5, 0.6) is 11.8 Å². The molecule has 0 aliphatic carbocycles. The molecular weight excluding hydrogens is 276 g/mol. The highest BCUT2D eigenvalue weighted by Crippen LogP contribution is 2.16. The Morgan fingerprint density at radius 1 is 0.636 bits per heavy atom. The lowest BCUT2D eigenvalue weighted by atomic mass is 10.2. The van der Waals surface area contributed by atoms with Gasteiger partial charge in [-0.05, 0) is 11.1 Å². The molecule has 22 heavy (non-hydrogen) atoms. The van der Waals surface area contributed by atoms with Gasteiger partial charge in [0.1, 0.15) is 19.5 Å². The van der Waals surface area contributed by atoms with Gasteiger partial charge in [-0.1, -0.05) is 60.7 Å². The van der Waals surface area contributed by atoms with Gasteiger partial charge < -0.3 is 9.47 Å². The van der Waals surface area contributed by atoms with Crippen molar-refractivity contribution in [1.29, 1.82) is 0 Å². The Bertz CT molecular complexity index is 644. The van der Waals surface area contributed by atoms with Gasteiger partial charge in [-0.25, -0.2) is 9.97 Å². The van der Waals surface area contributed by atoms with Crippen molar-refractivity contribution >= 4 is 0 Å². The zero-order valence-corrected chi connectivity index (χ0v) is 12.1. The van der Waals surface area contributed by atoms with Crippen molar-refractivity contribution in [2.75, 3.05) is 0 Å². The number of hydrogen-bond acceptors (Lipinski definition) is 4. The van der Waals surface area contributed by atoms with Gasteiger partial charge in [-0.2, -0.15) is 0 Å². The second-order valence-corrected chi connectivity index (χ2v) is 4.74. The van der Waals surface area contributed by atoms with E-state index in [1.54, 1.807) is 6.07 Å². The van der Waals surface area contributed by atoms with Crippen LogP contribution in [-0.2, 0) is 13.2 Å². The van der Waals surface area contributed by atoms with E-state index >= 15 is 0 Å². The number of rotatable bonds is 6. The third-order valence-corrected chi connectivity index (χ3v) is 3.08. The monoisotopic (exact) mass is 292 g/mol. The van der Waals surface area contributed by atoms with Crippen molar-refractivity contribution in [1.82, 2.24) is 9.97 Å². The smallest absolute Gasteiger partial charge is 0.220 e. The van der Waals surface area contributed by atoms with Gasteiger partial charge in [0.2, 0.25) is 11.8 Å². The Labute approximate surface area is 129 Å². The van der Waals surface area contributed by atoms with Crippen LogP contribution in [0.3, 0.4) is 0 Å². The quantitative estimate of drug-likeness (QED) is 0.696. The third kappa shape index (κ3) is 4.06. The van der Waals surface area contributed by atoms with Crippen molar-refractivity contribution in [3.05, 3.63) is 84.2 Å². The van der Waals surface area contributed by atoms with E-state index in [0.717, 1.165) is 11.1 Å². The molecule has 0 unspecified atom stereocenters. The van der Waals surface area contributed by atoms with E-state index in [4.69, 9.17) is 9.47 Å². The highest BCUT2D eigenvalue weighted by molar-refractivity contribution is 5.21. The zero-order chi connectivity index (χ0) is 15.0. The Balaban J connectivity index is 1.58. The van der Waals surface area contributed by atoms with Crippen molar-refractivity contribution in [2.24, 2.45) is 0 Å². The van der Waals surface area contributed by atoms with Crippen LogP contribution >= 0.6 is 0 Å². The Hall–Kier alpha value is -2.88. The summed E-state index contributed by atoms with van der Waals surface area (Å²) in [5.74, 6) is 1.00. The number of ether oxygens (including phenoxy) is 2. The number of aromatic nitrogens is 2. The molecule has 0 bridgehead atoms. The summed E-state index contributed by atoms with van der Waals surface area (Å²) < 4.78 is 11.3. The maximum absolute atomic E-state index is 5.65. The summed E-state index contributed by atoms with van der Waals surface area (Å²) in [7, 11) is 0. The van der Waals surface area contributed by atoms with Crippen molar-refractivity contribution in [2.45, 2.75) is 13.2 Å². The van der Waals surface area contributed by atoms with Crippen LogP contribution in [0.15, 0.2) is 73.1 Å². The van der Waals surface area contributed by atoms with Crippen LogP contribution < -0.4 is 9.47 Å². The average Bonchev–Trinajstić information content (AvgIpc) is 2.60. The van der Waals surface area contributed by atoms with Gasteiger partial charge in [0, 0.05) is 0 Å². The molecule has 3 aromatic rings. The predicted octanol–water partition coefficient (Wildman–Crippen LogP) is 3.63. The molecular formula is C18H16N2O2. The fourth-order valence-electron chi connectivity index (χ4n) is 1.94. The van der Waals surface area contributed by atoms with Gasteiger partial charge in [0.25, 0.3) is 0 Å². The molecule has 0 aliphatic heterocycles. The predicted molar refractivity (Wildman–Crippen MR) is 83.6 cm³/mol. The minimum atomic E-state index is 0.468. The van der Waals surface area contributed by atoms with Gasteiger partial charge in [0.05, 0.1) is 6.07 Å². The molecule has 0 amide bonds. The maximum Gasteiger partial charge on any atom is 0.220 e. The summed E-state index contributed by atoms with van der Waals surface area (Å²) >= 11 is 0. The van der Waals surface area contributed by atoms with Crippen molar-refractivity contribution in [3.63, 3.8) is 0 Å². The van der Waals surface area contributed by atoms with E-state index in [1.807, 2.05) is 60.7 Å². The van der Waals surface area contributed by atoms with Crippen LogP contribution in [-0.4, -0.2) is 9.97 Å². The van der Waals surface area contributed by atoms with Gasteiger partial charge in [-0.15, -0.1) is 0 Å². The molecule has 110 valence electrons. The molecule has 4 nitrogen and oxygen atoms in total. The molecule has 0 saturated heterocycles. The van der Waals surface area contributed by atoms with Crippen LogP contribution in [0, 0.1) is 0 Å². The fourth-order valence-corrected chi connectivity index (χ4v) is 1.94. The molecule has 0 fully saturated rings. The van der Waals surface area contributed by atoms with Crippen molar-refractivity contribution in [3.8, 4) is 11.8 Å². The molecule has 0 saturated carbocycles. The lowest BCUT2D eigenvalue weighted by Crippen LogP contribution is -2.00. The Morgan fingerprint density at radius 3 is 1.55 bits per heavy atom. The highest BCUT2D eigenvalue weighted by Gasteiger charge is 2.02. The molecule has 4 heteroatoms. The summed E-state index contributed by atoms with van der Waals surface area (Å²) in [6, 6.07) is 21.6. The lowest BCUT2D eigenvalue weighted by molar-refractivity contribution is 0.273. The molecule has 1 aromatic heterocycles. The number of nitrogens with zero attached hydrogens (tertiary/aromatic N) is 2. The first-order chi connectivity index (χ1) is 10.9. The second kappa shape index (κ2) is 7.22. The van der Waals surface area contributed by atoms with Gasteiger partial charge >= 0.3 is 0 Å². The average molecular weight is 292 g/mol. The second-order valence-electron chi connectivity index (χ2n) is 4.74. The normalized spacial score (nSPS) is 10.2. The minimum absolute atomic E-state index is 0.468. The van der Waals surface area contributed by atoms with E-state index in [9.17, 15) is 0 Å². The summed E-state index contributed by atoms with van der Waals surface area (Å²) in [5.41, 5.74) is 2.18. The van der Waals surface area contributed by atoms with Crippen molar-refractivity contribution < 1.29 is 9.47 Å². The molecule has 0 atom stereocenters. The standard InChI is InChI=1S/C18H16N2O2/c1-3-7-15(8-4-1)12-21-17-11-18(20-14-19-17)22-13-16-9-5-2-6-10-16/h1-11,14H,12-13H2. The van der Waals surface area contributed by atoms with Crippen LogP contribution in [0.4, 0.5) is 0 Å². The first-order valence-electron chi connectivity index (χ1n) is 7.06. The van der Waals surface area contributed by atoms with Crippen LogP contribution in [0.1, 0.15) is 11.1 Å². The molecule has 0 N–H and O–H groups in total. The molecule has 1 heterocycles. The van der Waals surface area contributed by atoms with E-state index in [1.165, 1.54) is 6.33 Å². The number of benzene rings is 2. The summed E-state index contributed by atoms with van der Waals surface area (Å²) in [4.78, 5) is 8.19.